The van der Waals surface area contributed by atoms with Gasteiger partial charge < -0.3 is 15.2 Å². The van der Waals surface area contributed by atoms with Crippen LogP contribution < -0.4 is 5.32 Å². The van der Waals surface area contributed by atoms with Crippen LogP contribution in [-0.4, -0.2) is 35.7 Å². The van der Waals surface area contributed by atoms with Crippen LogP contribution in [0.15, 0.2) is 30.3 Å². The Bertz CT molecular complexity index is 440. The van der Waals surface area contributed by atoms with Crippen LogP contribution in [0.5, 0.6) is 0 Å². The second kappa shape index (κ2) is 6.33. The van der Waals surface area contributed by atoms with Crippen LogP contribution in [-0.2, 0) is 20.7 Å². The minimum Gasteiger partial charge on any atom is -0.480 e. The third kappa shape index (κ3) is 3.79. The average molecular weight is 263 g/mol. The monoisotopic (exact) mass is 263 g/mol. The summed E-state index contributed by atoms with van der Waals surface area (Å²) in [6, 6.07) is 8.32. The number of rotatable bonds is 5. The average Bonchev–Trinajstić information content (AvgIpc) is 2.93. The number of carbonyl (C=O) groups is 2. The maximum absolute atomic E-state index is 11.9. The minimum atomic E-state index is -1.03. The lowest BCUT2D eigenvalue weighted by molar-refractivity contribution is -0.143. The molecule has 0 aromatic heterocycles. The Morgan fingerprint density at radius 3 is 2.68 bits per heavy atom. The van der Waals surface area contributed by atoms with Gasteiger partial charge >= 0.3 is 5.97 Å². The number of carboxylic acids is 1. The zero-order valence-electron chi connectivity index (χ0n) is 10.5. The van der Waals surface area contributed by atoms with Gasteiger partial charge in [0.1, 0.15) is 12.1 Å². The molecule has 0 radical (unpaired) electrons. The van der Waals surface area contributed by atoms with Gasteiger partial charge in [0.15, 0.2) is 0 Å². The highest BCUT2D eigenvalue weighted by atomic mass is 16.5. The number of carbonyl (C=O) groups excluding carboxylic acids is 1. The van der Waals surface area contributed by atoms with Crippen LogP contribution in [0, 0.1) is 0 Å². The van der Waals surface area contributed by atoms with Gasteiger partial charge in [-0.25, -0.2) is 4.79 Å². The number of hydrogen-bond donors (Lipinski definition) is 2. The molecule has 1 aliphatic rings. The summed E-state index contributed by atoms with van der Waals surface area (Å²) in [5.41, 5.74) is 0.877. The topological polar surface area (TPSA) is 75.6 Å². The van der Waals surface area contributed by atoms with E-state index in [1.165, 1.54) is 0 Å². The van der Waals surface area contributed by atoms with E-state index in [2.05, 4.69) is 5.32 Å². The van der Waals surface area contributed by atoms with Gasteiger partial charge in [0.25, 0.3) is 0 Å². The van der Waals surface area contributed by atoms with E-state index in [0.717, 1.165) is 12.0 Å². The second-order valence-electron chi connectivity index (χ2n) is 4.59. The summed E-state index contributed by atoms with van der Waals surface area (Å²) in [4.78, 5) is 23.0. The molecule has 2 atom stereocenters. The zero-order valence-corrected chi connectivity index (χ0v) is 10.5. The molecule has 0 saturated carbocycles. The summed E-state index contributed by atoms with van der Waals surface area (Å²) in [7, 11) is 0. The first-order valence-corrected chi connectivity index (χ1v) is 6.35. The van der Waals surface area contributed by atoms with Crippen LogP contribution in [0.4, 0.5) is 0 Å². The molecule has 1 heterocycles. The standard InChI is InChI=1S/C14H17NO4/c16-13(12-7-4-8-19-12)15-11(14(17)18)9-10-5-2-1-3-6-10/h1-3,5-6,11-12H,4,7-9H2,(H,15,16)(H,17,18)/t11-,12-/m0/s1. The molecule has 1 aliphatic heterocycles. The van der Waals surface area contributed by atoms with Crippen LogP contribution in [0.1, 0.15) is 18.4 Å². The predicted octanol–water partition coefficient (Wildman–Crippen LogP) is 0.977. The molecule has 102 valence electrons. The molecule has 1 amide bonds. The summed E-state index contributed by atoms with van der Waals surface area (Å²) >= 11 is 0. The van der Waals surface area contributed by atoms with E-state index in [4.69, 9.17) is 4.74 Å². The van der Waals surface area contributed by atoms with E-state index in [1.54, 1.807) is 0 Å². The Kier molecular flexibility index (Phi) is 4.52. The van der Waals surface area contributed by atoms with Crippen molar-refractivity contribution >= 4 is 11.9 Å². The van der Waals surface area contributed by atoms with Crippen molar-refractivity contribution in [3.8, 4) is 0 Å². The first kappa shape index (κ1) is 13.5. The molecule has 0 unspecified atom stereocenters. The maximum atomic E-state index is 11.9. The smallest absolute Gasteiger partial charge is 0.326 e. The van der Waals surface area contributed by atoms with Crippen molar-refractivity contribution in [2.45, 2.75) is 31.4 Å². The molecule has 1 aromatic carbocycles. The van der Waals surface area contributed by atoms with E-state index in [-0.39, 0.29) is 12.3 Å². The zero-order chi connectivity index (χ0) is 13.7. The van der Waals surface area contributed by atoms with Gasteiger partial charge in [-0.1, -0.05) is 30.3 Å². The number of hydrogen-bond acceptors (Lipinski definition) is 3. The lowest BCUT2D eigenvalue weighted by Gasteiger charge is -2.17. The third-order valence-electron chi connectivity index (χ3n) is 3.12. The summed E-state index contributed by atoms with van der Waals surface area (Å²) in [6.07, 6.45) is 1.27. The molecule has 1 fully saturated rings. The van der Waals surface area contributed by atoms with Crippen molar-refractivity contribution in [2.24, 2.45) is 0 Å². The predicted molar refractivity (Wildman–Crippen MR) is 68.7 cm³/mol. The lowest BCUT2D eigenvalue weighted by atomic mass is 10.1. The molecule has 5 heteroatoms. The molecular weight excluding hydrogens is 246 g/mol. The Morgan fingerprint density at radius 2 is 2.11 bits per heavy atom. The minimum absolute atomic E-state index is 0.272. The number of carboxylic acid groups (broad SMARTS) is 1. The molecule has 0 aliphatic carbocycles. The number of nitrogens with one attached hydrogen (secondary N) is 1. The Balaban J connectivity index is 1.96. The van der Waals surface area contributed by atoms with Crippen molar-refractivity contribution in [3.05, 3.63) is 35.9 Å². The van der Waals surface area contributed by atoms with E-state index < -0.39 is 18.1 Å². The Hall–Kier alpha value is -1.88. The fourth-order valence-corrected chi connectivity index (χ4v) is 2.10. The van der Waals surface area contributed by atoms with Gasteiger partial charge in [-0.15, -0.1) is 0 Å². The Morgan fingerprint density at radius 1 is 1.37 bits per heavy atom. The molecule has 19 heavy (non-hydrogen) atoms. The van der Waals surface area contributed by atoms with E-state index in [0.29, 0.717) is 13.0 Å². The van der Waals surface area contributed by atoms with Gasteiger partial charge in [-0.05, 0) is 18.4 Å². The molecule has 0 bridgehead atoms. The molecule has 1 saturated heterocycles. The maximum Gasteiger partial charge on any atom is 0.326 e. The van der Waals surface area contributed by atoms with E-state index in [1.807, 2.05) is 30.3 Å². The number of benzene rings is 1. The number of amides is 1. The van der Waals surface area contributed by atoms with Crippen molar-refractivity contribution in [2.75, 3.05) is 6.61 Å². The van der Waals surface area contributed by atoms with Gasteiger partial charge in [-0.2, -0.15) is 0 Å². The summed E-state index contributed by atoms with van der Waals surface area (Å²) in [6.45, 7) is 0.564. The fourth-order valence-electron chi connectivity index (χ4n) is 2.10. The van der Waals surface area contributed by atoms with Crippen LogP contribution >= 0.6 is 0 Å². The summed E-state index contributed by atoms with van der Waals surface area (Å²) in [5, 5.41) is 11.7. The third-order valence-corrected chi connectivity index (χ3v) is 3.12. The van der Waals surface area contributed by atoms with Gasteiger partial charge in [-0.3, -0.25) is 4.79 Å². The van der Waals surface area contributed by atoms with E-state index in [9.17, 15) is 14.7 Å². The first-order chi connectivity index (χ1) is 9.16. The molecular formula is C14H17NO4. The van der Waals surface area contributed by atoms with Gasteiger partial charge in [0.05, 0.1) is 0 Å². The fraction of sp³-hybridized carbons (Fsp3) is 0.429. The second-order valence-corrected chi connectivity index (χ2v) is 4.59. The highest BCUT2D eigenvalue weighted by Crippen LogP contribution is 2.12. The van der Waals surface area contributed by atoms with Crippen LogP contribution in [0.2, 0.25) is 0 Å². The normalized spacial score (nSPS) is 19.9. The highest BCUT2D eigenvalue weighted by molar-refractivity contribution is 5.86. The van der Waals surface area contributed by atoms with Crippen molar-refractivity contribution in [1.82, 2.24) is 5.32 Å². The molecule has 5 nitrogen and oxygen atoms in total. The molecule has 0 spiro atoms. The summed E-state index contributed by atoms with van der Waals surface area (Å²) < 4.78 is 5.24. The first-order valence-electron chi connectivity index (χ1n) is 6.35. The molecule has 2 rings (SSSR count). The van der Waals surface area contributed by atoms with Crippen molar-refractivity contribution in [1.29, 1.82) is 0 Å². The van der Waals surface area contributed by atoms with Crippen LogP contribution in [0.3, 0.4) is 0 Å². The van der Waals surface area contributed by atoms with Crippen molar-refractivity contribution in [3.63, 3.8) is 0 Å². The van der Waals surface area contributed by atoms with Crippen LogP contribution in [0.25, 0.3) is 0 Å². The quantitative estimate of drug-likeness (QED) is 0.830. The Labute approximate surface area is 111 Å². The molecule has 1 aromatic rings. The SMILES string of the molecule is O=C(O)[C@H](Cc1ccccc1)NC(=O)[C@@H]1CCCO1. The van der Waals surface area contributed by atoms with E-state index >= 15 is 0 Å². The summed E-state index contributed by atoms with van der Waals surface area (Å²) in [5.74, 6) is -1.36. The highest BCUT2D eigenvalue weighted by Gasteiger charge is 2.28. The van der Waals surface area contributed by atoms with Gasteiger partial charge in [0.2, 0.25) is 5.91 Å². The van der Waals surface area contributed by atoms with Crippen molar-refractivity contribution < 1.29 is 19.4 Å². The number of ether oxygens (including phenoxy) is 1. The lowest BCUT2D eigenvalue weighted by Crippen LogP contribution is -2.46. The van der Waals surface area contributed by atoms with Gasteiger partial charge in [0, 0.05) is 13.0 Å². The largest absolute Gasteiger partial charge is 0.480 e. The number of aliphatic carboxylic acids is 1. The molecule has 2 N–H and O–H groups in total.